The predicted molar refractivity (Wildman–Crippen MR) is 85.2 cm³/mol. The molecule has 1 aromatic heterocycles. The third-order valence-corrected chi connectivity index (χ3v) is 3.46. The van der Waals surface area contributed by atoms with Gasteiger partial charge in [0.15, 0.2) is 0 Å². The van der Waals surface area contributed by atoms with Gasteiger partial charge in [-0.25, -0.2) is 0 Å². The van der Waals surface area contributed by atoms with Crippen molar-refractivity contribution in [2.24, 2.45) is 5.10 Å². The molecule has 0 radical (unpaired) electrons. The minimum absolute atomic E-state index is 0.252. The number of aryl methyl sites for hydroxylation is 1. The van der Waals surface area contributed by atoms with Gasteiger partial charge in [0.1, 0.15) is 0 Å². The topological polar surface area (TPSA) is 39.3 Å². The summed E-state index contributed by atoms with van der Waals surface area (Å²) in [7, 11) is 0. The van der Waals surface area contributed by atoms with E-state index in [0.29, 0.717) is 5.56 Å². The third kappa shape index (κ3) is 3.04. The average molecular weight is 288 g/mol. The van der Waals surface area contributed by atoms with Crippen LogP contribution in [0.15, 0.2) is 84.2 Å². The number of rotatable bonds is 3. The molecule has 3 rings (SSSR count). The van der Waals surface area contributed by atoms with Crippen molar-refractivity contribution >= 4 is 5.90 Å². The van der Waals surface area contributed by atoms with Crippen molar-refractivity contribution in [3.05, 3.63) is 90.3 Å². The summed E-state index contributed by atoms with van der Waals surface area (Å²) in [6, 6.07) is 21.2. The number of benzene rings is 2. The fourth-order valence-electron chi connectivity index (χ4n) is 2.34. The Morgan fingerprint density at radius 1 is 0.909 bits per heavy atom. The van der Waals surface area contributed by atoms with E-state index < -0.39 is 0 Å². The van der Waals surface area contributed by atoms with Crippen LogP contribution in [-0.2, 0) is 0 Å². The Labute approximate surface area is 129 Å². The van der Waals surface area contributed by atoms with E-state index in [4.69, 9.17) is 0 Å². The van der Waals surface area contributed by atoms with Crippen molar-refractivity contribution in [2.75, 3.05) is 0 Å². The van der Waals surface area contributed by atoms with Crippen LogP contribution in [0, 0.1) is 6.92 Å². The summed E-state index contributed by atoms with van der Waals surface area (Å²) >= 11 is 0. The van der Waals surface area contributed by atoms with E-state index in [1.807, 2.05) is 55.6 Å². The van der Waals surface area contributed by atoms with Crippen molar-refractivity contribution in [2.45, 2.75) is 6.92 Å². The number of nitrogens with zero attached hydrogens (tertiary/aromatic N) is 2. The minimum atomic E-state index is -0.252. The van der Waals surface area contributed by atoms with Gasteiger partial charge in [0.05, 0.1) is 5.90 Å². The quantitative estimate of drug-likeness (QED) is 0.415. The summed E-state index contributed by atoms with van der Waals surface area (Å²) in [4.78, 5) is 0. The third-order valence-electron chi connectivity index (χ3n) is 3.46. The lowest BCUT2D eigenvalue weighted by Crippen LogP contribution is -2.33. The Morgan fingerprint density at radius 2 is 1.55 bits per heavy atom. The molecule has 108 valence electrons. The van der Waals surface area contributed by atoms with E-state index >= 15 is 0 Å². The lowest BCUT2D eigenvalue weighted by atomic mass is 10.0. The summed E-state index contributed by atoms with van der Waals surface area (Å²) in [5.74, 6) is -0.252. The van der Waals surface area contributed by atoms with Gasteiger partial charge in [-0.1, -0.05) is 65.3 Å². The van der Waals surface area contributed by atoms with Gasteiger partial charge in [0.25, 0.3) is 0 Å². The molecule has 22 heavy (non-hydrogen) atoms. The predicted octanol–water partition coefficient (Wildman–Crippen LogP) is 2.52. The summed E-state index contributed by atoms with van der Waals surface area (Å²) < 4.78 is 1.57. The van der Waals surface area contributed by atoms with Gasteiger partial charge in [-0.3, -0.25) is 0 Å². The Balaban J connectivity index is 1.93. The molecule has 0 saturated carbocycles. The highest BCUT2D eigenvalue weighted by molar-refractivity contribution is 5.89. The largest absolute Gasteiger partial charge is 0.854 e. The van der Waals surface area contributed by atoms with Crippen LogP contribution in [0.1, 0.15) is 11.1 Å². The van der Waals surface area contributed by atoms with Gasteiger partial charge in [-0.15, -0.1) is 0 Å². The molecule has 0 amide bonds. The average Bonchev–Trinajstić information content (AvgIpc) is 2.56. The normalized spacial score (nSPS) is 11.4. The van der Waals surface area contributed by atoms with E-state index in [9.17, 15) is 5.11 Å². The van der Waals surface area contributed by atoms with Crippen LogP contribution in [0.2, 0.25) is 0 Å². The highest BCUT2D eigenvalue weighted by atomic mass is 16.3. The van der Waals surface area contributed by atoms with Crippen LogP contribution in [0.25, 0.3) is 11.1 Å². The monoisotopic (exact) mass is 288 g/mol. The molecule has 1 heterocycles. The van der Waals surface area contributed by atoms with E-state index in [1.165, 1.54) is 0 Å². The molecule has 3 nitrogen and oxygen atoms in total. The zero-order valence-corrected chi connectivity index (χ0v) is 12.3. The maximum absolute atomic E-state index is 12.1. The molecule has 0 unspecified atom stereocenters. The molecule has 3 heteroatoms. The van der Waals surface area contributed by atoms with Crippen molar-refractivity contribution in [3.63, 3.8) is 0 Å². The zero-order valence-electron chi connectivity index (χ0n) is 12.3. The zero-order chi connectivity index (χ0) is 15.4. The highest BCUT2D eigenvalue weighted by Gasteiger charge is 2.07. The van der Waals surface area contributed by atoms with Crippen molar-refractivity contribution in [1.82, 2.24) is 0 Å². The van der Waals surface area contributed by atoms with Gasteiger partial charge in [0.2, 0.25) is 12.4 Å². The fourth-order valence-corrected chi connectivity index (χ4v) is 2.34. The van der Waals surface area contributed by atoms with Crippen LogP contribution in [-0.4, -0.2) is 5.90 Å². The Hall–Kier alpha value is -2.94. The first kappa shape index (κ1) is 14.0. The molecule has 0 atom stereocenters. The molecule has 0 fully saturated rings. The molecule has 0 saturated heterocycles. The second-order valence-electron chi connectivity index (χ2n) is 5.06. The molecule has 3 aromatic rings. The summed E-state index contributed by atoms with van der Waals surface area (Å²) in [5, 5.41) is 16.2. The Morgan fingerprint density at radius 3 is 2.18 bits per heavy atom. The van der Waals surface area contributed by atoms with Gasteiger partial charge < -0.3 is 5.11 Å². The molecule has 0 bridgehead atoms. The van der Waals surface area contributed by atoms with Crippen molar-refractivity contribution < 1.29 is 9.78 Å². The molecule has 0 N–H and O–H groups in total. The molecule has 0 aliphatic carbocycles. The molecular formula is C19H16N2O. The second kappa shape index (κ2) is 6.22. The summed E-state index contributed by atoms with van der Waals surface area (Å²) in [6.45, 7) is 2.02. The first-order valence-corrected chi connectivity index (χ1v) is 7.13. The number of hydrogen-bond donors (Lipinski definition) is 0. The van der Waals surface area contributed by atoms with Crippen LogP contribution in [0.5, 0.6) is 0 Å². The maximum atomic E-state index is 12.1. The van der Waals surface area contributed by atoms with Gasteiger partial charge in [-0.2, -0.15) is 0 Å². The van der Waals surface area contributed by atoms with Crippen LogP contribution >= 0.6 is 0 Å². The summed E-state index contributed by atoms with van der Waals surface area (Å²) in [6.07, 6.45) is 3.67. The van der Waals surface area contributed by atoms with E-state index in [0.717, 1.165) is 16.7 Å². The van der Waals surface area contributed by atoms with Gasteiger partial charge >= 0.3 is 0 Å². The highest BCUT2D eigenvalue weighted by Crippen LogP contribution is 2.20. The second-order valence-corrected chi connectivity index (χ2v) is 5.06. The number of aromatic nitrogens is 1. The number of pyridine rings is 1. The SMILES string of the molecule is Cc1c[n+](/N=C(\[O-])c2ccccc2)ccc1-c1ccccc1. The molecule has 0 aliphatic rings. The molecule has 0 aliphatic heterocycles. The smallest absolute Gasteiger partial charge is 0.205 e. The van der Waals surface area contributed by atoms with Crippen LogP contribution in [0.3, 0.4) is 0 Å². The molecule has 0 spiro atoms. The first-order chi connectivity index (χ1) is 10.7. The Bertz CT molecular complexity index is 796. The van der Waals surface area contributed by atoms with E-state index in [-0.39, 0.29) is 5.90 Å². The molecular weight excluding hydrogens is 272 g/mol. The van der Waals surface area contributed by atoms with E-state index in [2.05, 4.69) is 17.2 Å². The van der Waals surface area contributed by atoms with Crippen molar-refractivity contribution in [3.8, 4) is 11.1 Å². The van der Waals surface area contributed by atoms with Crippen LogP contribution < -0.4 is 9.78 Å². The van der Waals surface area contributed by atoms with Gasteiger partial charge in [-0.05, 0) is 28.7 Å². The van der Waals surface area contributed by atoms with Gasteiger partial charge in [0, 0.05) is 11.6 Å². The number of hydrogen-bond acceptors (Lipinski definition) is 2. The van der Waals surface area contributed by atoms with E-state index in [1.54, 1.807) is 23.0 Å². The minimum Gasteiger partial charge on any atom is -0.854 e. The first-order valence-electron chi connectivity index (χ1n) is 7.13. The summed E-state index contributed by atoms with van der Waals surface area (Å²) in [5.41, 5.74) is 3.94. The maximum Gasteiger partial charge on any atom is 0.205 e. The lowest BCUT2D eigenvalue weighted by molar-refractivity contribution is -0.681. The standard InChI is InChI=1S/C19H16N2O/c1-15-14-21(20-19(22)17-10-6-3-7-11-17)13-12-18(15)16-8-4-2-5-9-16/h2-14H,1H3. The fraction of sp³-hybridized carbons (Fsp3) is 0.0526. The molecule has 2 aromatic carbocycles. The van der Waals surface area contributed by atoms with Crippen molar-refractivity contribution in [1.29, 1.82) is 0 Å². The van der Waals surface area contributed by atoms with Crippen LogP contribution in [0.4, 0.5) is 0 Å². The Kier molecular flexibility index (Phi) is 3.97. The lowest BCUT2D eigenvalue weighted by Gasteiger charge is -2.07.